The lowest BCUT2D eigenvalue weighted by atomic mass is 9.78. The summed E-state index contributed by atoms with van der Waals surface area (Å²) in [5, 5.41) is 4.54. The molecule has 0 spiro atoms. The molecule has 0 unspecified atom stereocenters. The van der Waals surface area contributed by atoms with E-state index in [0.29, 0.717) is 6.61 Å². The third-order valence-electron chi connectivity index (χ3n) is 5.91. The predicted molar refractivity (Wildman–Crippen MR) is 107 cm³/mol. The maximum atomic E-state index is 6.19. The van der Waals surface area contributed by atoms with Gasteiger partial charge in [-0.3, -0.25) is 4.68 Å². The zero-order valence-electron chi connectivity index (χ0n) is 17.1. The van der Waals surface area contributed by atoms with Crippen molar-refractivity contribution in [1.82, 2.24) is 9.78 Å². The second kappa shape index (κ2) is 6.28. The van der Waals surface area contributed by atoms with E-state index in [0.717, 1.165) is 30.0 Å². The summed E-state index contributed by atoms with van der Waals surface area (Å²) in [6.07, 6.45) is 1.94. The predicted octanol–water partition coefficient (Wildman–Crippen LogP) is 2.43. The zero-order chi connectivity index (χ0) is 19.4. The average Bonchev–Trinajstić information content (AvgIpc) is 2.93. The highest BCUT2D eigenvalue weighted by molar-refractivity contribution is 6.62. The Hall–Kier alpha value is -1.99. The fraction of sp³-hybridized carbons (Fsp3) is 0.550. The van der Waals surface area contributed by atoms with Crippen LogP contribution in [0, 0.1) is 6.92 Å². The number of ether oxygens (including phenoxy) is 1. The molecule has 2 aromatic rings. The van der Waals surface area contributed by atoms with Crippen LogP contribution in [-0.2, 0) is 22.9 Å². The summed E-state index contributed by atoms with van der Waals surface area (Å²) < 4.78 is 20.0. The zero-order valence-corrected chi connectivity index (χ0v) is 17.1. The summed E-state index contributed by atoms with van der Waals surface area (Å²) in [7, 11) is 1.59. The number of rotatable bonds is 2. The molecule has 144 valence electrons. The smallest absolute Gasteiger partial charge is 0.488 e. The van der Waals surface area contributed by atoms with Gasteiger partial charge in [-0.05, 0) is 51.7 Å². The summed E-state index contributed by atoms with van der Waals surface area (Å²) in [6, 6.07) is 6.43. The third-order valence-corrected chi connectivity index (χ3v) is 5.91. The Bertz CT molecular complexity index is 846. The topological polar surface area (TPSA) is 48.8 Å². The van der Waals surface area contributed by atoms with Gasteiger partial charge in [-0.1, -0.05) is 12.1 Å². The molecule has 0 aliphatic carbocycles. The Kier molecular flexibility index (Phi) is 4.27. The molecule has 1 fully saturated rings. The number of nitrogens with zero attached hydrogens (tertiary/aromatic N) is 3. The number of aromatic nitrogens is 2. The van der Waals surface area contributed by atoms with Crippen molar-refractivity contribution in [2.24, 2.45) is 7.05 Å². The first-order chi connectivity index (χ1) is 12.7. The molecule has 2 aliphatic rings. The first-order valence-electron chi connectivity index (χ1n) is 9.53. The molecular formula is C20H28BN3O3. The van der Waals surface area contributed by atoms with Crippen molar-refractivity contribution in [3.8, 4) is 5.75 Å². The number of benzene rings is 1. The molecule has 0 saturated carbocycles. The summed E-state index contributed by atoms with van der Waals surface area (Å²) in [5.74, 6) is 0.881. The van der Waals surface area contributed by atoms with Gasteiger partial charge in [0.1, 0.15) is 12.3 Å². The standard InChI is InChI=1S/C20H28BN3O3/c1-14-11-15(21-26-19(2,3)20(4,5)27-21)7-8-17(14)24-9-10-25-18-13-23(6)22-16(18)12-24/h7-8,11,13H,9-10,12H2,1-6H3. The lowest BCUT2D eigenvalue weighted by Gasteiger charge is -2.32. The van der Waals surface area contributed by atoms with Gasteiger partial charge in [0, 0.05) is 12.7 Å². The average molecular weight is 369 g/mol. The second-order valence-electron chi connectivity index (χ2n) is 8.52. The van der Waals surface area contributed by atoms with Gasteiger partial charge < -0.3 is 18.9 Å². The van der Waals surface area contributed by atoms with Crippen LogP contribution in [0.2, 0.25) is 0 Å². The van der Waals surface area contributed by atoms with Crippen molar-refractivity contribution >= 4 is 18.3 Å². The third kappa shape index (κ3) is 3.23. The molecule has 7 heteroatoms. The van der Waals surface area contributed by atoms with Crippen LogP contribution in [0.5, 0.6) is 5.75 Å². The molecule has 1 saturated heterocycles. The van der Waals surface area contributed by atoms with Gasteiger partial charge in [0.2, 0.25) is 0 Å². The van der Waals surface area contributed by atoms with Crippen molar-refractivity contribution < 1.29 is 14.0 Å². The molecule has 2 aliphatic heterocycles. The largest absolute Gasteiger partial charge is 0.494 e. The first-order valence-corrected chi connectivity index (χ1v) is 9.53. The van der Waals surface area contributed by atoms with E-state index in [-0.39, 0.29) is 18.3 Å². The highest BCUT2D eigenvalue weighted by Crippen LogP contribution is 2.37. The quantitative estimate of drug-likeness (QED) is 0.761. The van der Waals surface area contributed by atoms with Crippen molar-refractivity contribution in [2.75, 3.05) is 18.1 Å². The Morgan fingerprint density at radius 2 is 1.81 bits per heavy atom. The molecule has 0 bridgehead atoms. The molecule has 4 rings (SSSR count). The van der Waals surface area contributed by atoms with Crippen LogP contribution >= 0.6 is 0 Å². The molecule has 1 aromatic heterocycles. The van der Waals surface area contributed by atoms with Crippen molar-refractivity contribution in [3.63, 3.8) is 0 Å². The monoisotopic (exact) mass is 369 g/mol. The van der Waals surface area contributed by atoms with E-state index in [1.54, 1.807) is 0 Å². The van der Waals surface area contributed by atoms with Crippen LogP contribution in [0.15, 0.2) is 24.4 Å². The minimum atomic E-state index is -0.336. The fourth-order valence-electron chi connectivity index (χ4n) is 3.63. The van der Waals surface area contributed by atoms with Gasteiger partial charge in [0.25, 0.3) is 0 Å². The molecule has 6 nitrogen and oxygen atoms in total. The van der Waals surface area contributed by atoms with E-state index in [1.165, 1.54) is 11.3 Å². The molecule has 3 heterocycles. The Morgan fingerprint density at radius 1 is 1.11 bits per heavy atom. The Labute approximate surface area is 161 Å². The molecule has 1 aromatic carbocycles. The van der Waals surface area contributed by atoms with Crippen LogP contribution in [0.1, 0.15) is 39.0 Å². The van der Waals surface area contributed by atoms with Gasteiger partial charge in [-0.25, -0.2) is 0 Å². The SMILES string of the molecule is Cc1cc(B2OC(C)(C)C(C)(C)O2)ccc1N1CCOc2cn(C)nc2C1. The Balaban J connectivity index is 1.58. The number of hydrogen-bond donors (Lipinski definition) is 0. The molecule has 27 heavy (non-hydrogen) atoms. The first kappa shape index (κ1) is 18.4. The molecule has 0 radical (unpaired) electrons. The highest BCUT2D eigenvalue weighted by Gasteiger charge is 2.51. The maximum Gasteiger partial charge on any atom is 0.494 e. The van der Waals surface area contributed by atoms with Crippen molar-refractivity contribution in [2.45, 2.75) is 52.4 Å². The number of aryl methyl sites for hydroxylation is 2. The van der Waals surface area contributed by atoms with Crippen LogP contribution in [-0.4, -0.2) is 41.3 Å². The summed E-state index contributed by atoms with van der Waals surface area (Å²) >= 11 is 0. The molecule has 0 amide bonds. The van der Waals surface area contributed by atoms with Gasteiger partial charge in [-0.2, -0.15) is 5.10 Å². The van der Waals surface area contributed by atoms with Gasteiger partial charge in [0.05, 0.1) is 30.5 Å². The van der Waals surface area contributed by atoms with Crippen LogP contribution in [0.3, 0.4) is 0 Å². The summed E-state index contributed by atoms with van der Waals surface area (Å²) in [4.78, 5) is 2.32. The lowest BCUT2D eigenvalue weighted by molar-refractivity contribution is 0.00578. The van der Waals surface area contributed by atoms with E-state index < -0.39 is 0 Å². The molecular weight excluding hydrogens is 341 g/mol. The van der Waals surface area contributed by atoms with E-state index in [2.05, 4.69) is 62.8 Å². The lowest BCUT2D eigenvalue weighted by Crippen LogP contribution is -2.41. The summed E-state index contributed by atoms with van der Waals surface area (Å²) in [6.45, 7) is 12.7. The number of anilines is 1. The van der Waals surface area contributed by atoms with E-state index >= 15 is 0 Å². The van der Waals surface area contributed by atoms with E-state index in [1.807, 2.05) is 17.9 Å². The number of fused-ring (bicyclic) bond motifs is 1. The van der Waals surface area contributed by atoms with Crippen molar-refractivity contribution in [1.29, 1.82) is 0 Å². The Morgan fingerprint density at radius 3 is 2.48 bits per heavy atom. The molecule has 0 N–H and O–H groups in total. The normalized spacial score (nSPS) is 21.0. The van der Waals surface area contributed by atoms with Gasteiger partial charge >= 0.3 is 7.12 Å². The summed E-state index contributed by atoms with van der Waals surface area (Å²) in [5.41, 5.74) is 3.76. The van der Waals surface area contributed by atoms with Crippen LogP contribution in [0.25, 0.3) is 0 Å². The molecule has 0 atom stereocenters. The van der Waals surface area contributed by atoms with E-state index in [4.69, 9.17) is 14.0 Å². The van der Waals surface area contributed by atoms with Gasteiger partial charge in [0.15, 0.2) is 5.75 Å². The van der Waals surface area contributed by atoms with Crippen molar-refractivity contribution in [3.05, 3.63) is 35.7 Å². The minimum Gasteiger partial charge on any atom is -0.488 e. The highest BCUT2D eigenvalue weighted by atomic mass is 16.7. The van der Waals surface area contributed by atoms with Crippen LogP contribution < -0.4 is 15.1 Å². The van der Waals surface area contributed by atoms with Crippen LogP contribution in [0.4, 0.5) is 5.69 Å². The maximum absolute atomic E-state index is 6.19. The fourth-order valence-corrected chi connectivity index (χ4v) is 3.63. The van der Waals surface area contributed by atoms with E-state index in [9.17, 15) is 0 Å². The minimum absolute atomic E-state index is 0.332. The number of hydrogen-bond acceptors (Lipinski definition) is 5. The second-order valence-corrected chi connectivity index (χ2v) is 8.52. The van der Waals surface area contributed by atoms with Gasteiger partial charge in [-0.15, -0.1) is 0 Å².